The first-order valence-electron chi connectivity index (χ1n) is 7.77. The van der Waals surface area contributed by atoms with Crippen LogP contribution in [-0.4, -0.2) is 46.2 Å². The van der Waals surface area contributed by atoms with Gasteiger partial charge in [0.2, 0.25) is 10.0 Å². The molecule has 136 valence electrons. The van der Waals surface area contributed by atoms with Crippen LogP contribution in [0.25, 0.3) is 0 Å². The Hall–Kier alpha value is -1.81. The first-order chi connectivity index (χ1) is 12.0. The van der Waals surface area contributed by atoms with E-state index in [1.807, 2.05) is 4.90 Å². The van der Waals surface area contributed by atoms with Crippen LogP contribution in [0.5, 0.6) is 0 Å². The van der Waals surface area contributed by atoms with Crippen molar-refractivity contribution in [3.8, 4) is 0 Å². The SMILES string of the molecule is O=S(=O)(NCC(c1ccco1)N1CCOCC1)c1cc(F)ccc1F. The standard InChI is InChI=1S/C16H18F2N2O4S/c17-12-3-4-13(18)16(10-12)25(21,22)19-11-14(15-2-1-7-24-15)20-5-8-23-9-6-20/h1-4,7,10,14,19H,5-6,8-9,11H2. The number of halogens is 2. The summed E-state index contributed by atoms with van der Waals surface area (Å²) in [6.07, 6.45) is 1.50. The van der Waals surface area contributed by atoms with Gasteiger partial charge >= 0.3 is 0 Å². The van der Waals surface area contributed by atoms with Gasteiger partial charge in [0.05, 0.1) is 25.5 Å². The molecule has 1 fully saturated rings. The number of sulfonamides is 1. The van der Waals surface area contributed by atoms with Gasteiger partial charge in [-0.25, -0.2) is 21.9 Å². The van der Waals surface area contributed by atoms with Gasteiger partial charge in [0.25, 0.3) is 0 Å². The number of benzene rings is 1. The van der Waals surface area contributed by atoms with Crippen LogP contribution in [0.3, 0.4) is 0 Å². The van der Waals surface area contributed by atoms with Crippen LogP contribution >= 0.6 is 0 Å². The summed E-state index contributed by atoms with van der Waals surface area (Å²) in [6, 6.07) is 5.41. The molecule has 1 aromatic carbocycles. The predicted octanol–water partition coefficient (Wildman–Crippen LogP) is 1.91. The van der Waals surface area contributed by atoms with Crippen LogP contribution in [0.4, 0.5) is 8.78 Å². The van der Waals surface area contributed by atoms with Crippen LogP contribution in [0.1, 0.15) is 11.8 Å². The van der Waals surface area contributed by atoms with E-state index in [9.17, 15) is 17.2 Å². The number of ether oxygens (including phenoxy) is 1. The van der Waals surface area contributed by atoms with Gasteiger partial charge in [-0.05, 0) is 30.3 Å². The van der Waals surface area contributed by atoms with Gasteiger partial charge < -0.3 is 9.15 Å². The van der Waals surface area contributed by atoms with E-state index in [0.29, 0.717) is 38.1 Å². The van der Waals surface area contributed by atoms with Crippen molar-refractivity contribution < 1.29 is 26.4 Å². The molecule has 3 rings (SSSR count). The average Bonchev–Trinajstić information content (AvgIpc) is 3.12. The van der Waals surface area contributed by atoms with Crippen LogP contribution in [-0.2, 0) is 14.8 Å². The fourth-order valence-electron chi connectivity index (χ4n) is 2.73. The van der Waals surface area contributed by atoms with E-state index in [1.54, 1.807) is 12.1 Å². The van der Waals surface area contributed by atoms with Crippen molar-refractivity contribution in [2.45, 2.75) is 10.9 Å². The zero-order valence-electron chi connectivity index (χ0n) is 13.3. The Balaban J connectivity index is 1.79. The minimum absolute atomic E-state index is 0.0359. The normalized spacial score (nSPS) is 17.5. The molecule has 1 N–H and O–H groups in total. The smallest absolute Gasteiger partial charge is 0.243 e. The number of nitrogens with one attached hydrogen (secondary N) is 1. The number of morpholine rings is 1. The zero-order valence-corrected chi connectivity index (χ0v) is 14.1. The molecule has 0 saturated carbocycles. The molecule has 9 heteroatoms. The fraction of sp³-hybridized carbons (Fsp3) is 0.375. The average molecular weight is 372 g/mol. The second kappa shape index (κ2) is 7.61. The molecule has 0 bridgehead atoms. The van der Waals surface area contributed by atoms with E-state index in [1.165, 1.54) is 6.26 Å². The summed E-state index contributed by atoms with van der Waals surface area (Å²) in [7, 11) is -4.20. The van der Waals surface area contributed by atoms with E-state index >= 15 is 0 Å². The second-order valence-electron chi connectivity index (χ2n) is 5.61. The van der Waals surface area contributed by atoms with E-state index in [4.69, 9.17) is 9.15 Å². The third kappa shape index (κ3) is 4.24. The van der Waals surface area contributed by atoms with Crippen molar-refractivity contribution in [1.29, 1.82) is 0 Å². The van der Waals surface area contributed by atoms with Crippen molar-refractivity contribution in [3.05, 3.63) is 54.0 Å². The van der Waals surface area contributed by atoms with Crippen LogP contribution in [0.15, 0.2) is 45.9 Å². The lowest BCUT2D eigenvalue weighted by atomic mass is 10.2. The molecule has 1 aromatic heterocycles. The lowest BCUT2D eigenvalue weighted by molar-refractivity contribution is 0.0128. The van der Waals surface area contributed by atoms with E-state index in [0.717, 1.165) is 12.1 Å². The molecular formula is C16H18F2N2O4S. The molecule has 2 aromatic rings. The minimum atomic E-state index is -4.20. The molecule has 0 amide bonds. The van der Waals surface area contributed by atoms with E-state index < -0.39 is 26.6 Å². The van der Waals surface area contributed by atoms with Gasteiger partial charge in [-0.15, -0.1) is 0 Å². The van der Waals surface area contributed by atoms with E-state index in [2.05, 4.69) is 4.72 Å². The predicted molar refractivity (Wildman–Crippen MR) is 85.4 cm³/mol. The molecule has 1 aliphatic rings. The van der Waals surface area contributed by atoms with Gasteiger partial charge in [0.15, 0.2) is 0 Å². The number of nitrogens with zero attached hydrogens (tertiary/aromatic N) is 1. The fourth-order valence-corrected chi connectivity index (χ4v) is 3.85. The largest absolute Gasteiger partial charge is 0.468 e. The topological polar surface area (TPSA) is 71.8 Å². The molecule has 0 radical (unpaired) electrons. The van der Waals surface area contributed by atoms with Crippen molar-refractivity contribution in [2.75, 3.05) is 32.8 Å². The molecule has 1 aliphatic heterocycles. The van der Waals surface area contributed by atoms with Crippen molar-refractivity contribution in [1.82, 2.24) is 9.62 Å². The molecule has 1 unspecified atom stereocenters. The Morgan fingerprint density at radius 2 is 1.96 bits per heavy atom. The Labute approximate surface area is 144 Å². The van der Waals surface area contributed by atoms with Crippen molar-refractivity contribution in [3.63, 3.8) is 0 Å². The van der Waals surface area contributed by atoms with Gasteiger partial charge in [-0.1, -0.05) is 0 Å². The quantitative estimate of drug-likeness (QED) is 0.839. The summed E-state index contributed by atoms with van der Waals surface area (Å²) in [5.41, 5.74) is 0. The van der Waals surface area contributed by atoms with Gasteiger partial charge in [0, 0.05) is 19.6 Å². The summed E-state index contributed by atoms with van der Waals surface area (Å²) >= 11 is 0. The number of hydrogen-bond acceptors (Lipinski definition) is 5. The first-order valence-corrected chi connectivity index (χ1v) is 9.25. The van der Waals surface area contributed by atoms with Gasteiger partial charge in [-0.3, -0.25) is 4.90 Å². The molecular weight excluding hydrogens is 354 g/mol. The third-order valence-corrected chi connectivity index (χ3v) is 5.45. The van der Waals surface area contributed by atoms with Gasteiger partial charge in [-0.2, -0.15) is 0 Å². The summed E-state index contributed by atoms with van der Waals surface area (Å²) < 4.78 is 64.9. The van der Waals surface area contributed by atoms with E-state index in [-0.39, 0.29) is 12.6 Å². The van der Waals surface area contributed by atoms with Crippen LogP contribution in [0, 0.1) is 11.6 Å². The lowest BCUT2D eigenvalue weighted by Crippen LogP contribution is -2.43. The van der Waals surface area contributed by atoms with Crippen LogP contribution < -0.4 is 4.72 Å². The summed E-state index contributed by atoms with van der Waals surface area (Å²) in [5, 5.41) is 0. The van der Waals surface area contributed by atoms with Crippen molar-refractivity contribution in [2.24, 2.45) is 0 Å². The summed E-state index contributed by atoms with van der Waals surface area (Å²) in [6.45, 7) is 2.25. The molecule has 2 heterocycles. The number of hydrogen-bond donors (Lipinski definition) is 1. The molecule has 6 nitrogen and oxygen atoms in total. The second-order valence-corrected chi connectivity index (χ2v) is 7.34. The lowest BCUT2D eigenvalue weighted by Gasteiger charge is -2.33. The highest BCUT2D eigenvalue weighted by molar-refractivity contribution is 7.89. The first kappa shape index (κ1) is 18.0. The highest BCUT2D eigenvalue weighted by atomic mass is 32.2. The van der Waals surface area contributed by atoms with Gasteiger partial charge in [0.1, 0.15) is 22.3 Å². The maximum absolute atomic E-state index is 13.8. The molecule has 1 atom stereocenters. The summed E-state index contributed by atoms with van der Waals surface area (Å²) in [4.78, 5) is 1.31. The molecule has 1 saturated heterocycles. The highest BCUT2D eigenvalue weighted by Crippen LogP contribution is 2.23. The number of rotatable bonds is 6. The zero-order chi connectivity index (χ0) is 17.9. The minimum Gasteiger partial charge on any atom is -0.468 e. The monoisotopic (exact) mass is 372 g/mol. The van der Waals surface area contributed by atoms with Crippen LogP contribution in [0.2, 0.25) is 0 Å². The summed E-state index contributed by atoms with van der Waals surface area (Å²) in [5.74, 6) is -1.24. The maximum atomic E-state index is 13.8. The Morgan fingerprint density at radius 1 is 1.20 bits per heavy atom. The Morgan fingerprint density at radius 3 is 2.64 bits per heavy atom. The Bertz CT molecular complexity index is 806. The van der Waals surface area contributed by atoms with Crippen molar-refractivity contribution >= 4 is 10.0 Å². The molecule has 25 heavy (non-hydrogen) atoms. The maximum Gasteiger partial charge on any atom is 0.243 e. The third-order valence-electron chi connectivity index (χ3n) is 4.01. The Kier molecular flexibility index (Phi) is 5.48. The molecule has 0 spiro atoms. The molecule has 0 aliphatic carbocycles. The number of furan rings is 1. The highest BCUT2D eigenvalue weighted by Gasteiger charge is 2.28.